The lowest BCUT2D eigenvalue weighted by atomic mass is 10.1. The largest absolute Gasteiger partial charge is 0.489 e. The van der Waals surface area contributed by atoms with Gasteiger partial charge in [-0.2, -0.15) is 0 Å². The number of nitrogens with one attached hydrogen (secondary N) is 1. The average molecular weight is 318 g/mol. The van der Waals surface area contributed by atoms with Crippen LogP contribution in [0.25, 0.3) is 0 Å². The molecule has 0 atom stereocenters. The summed E-state index contributed by atoms with van der Waals surface area (Å²) in [6, 6.07) is 14.2. The van der Waals surface area contributed by atoms with Crippen LogP contribution in [0.1, 0.15) is 30.5 Å². The Morgan fingerprint density at radius 1 is 1.14 bits per heavy atom. The molecule has 118 valence electrons. The van der Waals surface area contributed by atoms with Gasteiger partial charge in [-0.25, -0.2) is 0 Å². The van der Waals surface area contributed by atoms with Crippen LogP contribution >= 0.6 is 11.6 Å². The Bertz CT molecular complexity index is 610. The van der Waals surface area contributed by atoms with Crippen molar-refractivity contribution >= 4 is 11.6 Å². The third-order valence-electron chi connectivity index (χ3n) is 3.37. The molecule has 0 fully saturated rings. The number of rotatable bonds is 7. The SMILES string of the molecule is Cc1cccc(COc2ccc(Cl)cc2CNCC(C)C)c1. The summed E-state index contributed by atoms with van der Waals surface area (Å²) in [5, 5.41) is 4.18. The van der Waals surface area contributed by atoms with E-state index in [1.54, 1.807) is 0 Å². The Morgan fingerprint density at radius 3 is 2.68 bits per heavy atom. The fourth-order valence-corrected chi connectivity index (χ4v) is 2.48. The van der Waals surface area contributed by atoms with Gasteiger partial charge < -0.3 is 10.1 Å². The van der Waals surface area contributed by atoms with Gasteiger partial charge in [-0.1, -0.05) is 55.3 Å². The van der Waals surface area contributed by atoms with E-state index in [0.29, 0.717) is 12.5 Å². The number of hydrogen-bond donors (Lipinski definition) is 1. The number of ether oxygens (including phenoxy) is 1. The van der Waals surface area contributed by atoms with Crippen molar-refractivity contribution in [2.24, 2.45) is 5.92 Å². The molecule has 0 amide bonds. The molecule has 0 bridgehead atoms. The maximum absolute atomic E-state index is 6.11. The van der Waals surface area contributed by atoms with E-state index in [2.05, 4.69) is 50.4 Å². The molecule has 0 saturated heterocycles. The first kappa shape index (κ1) is 16.9. The van der Waals surface area contributed by atoms with Crippen molar-refractivity contribution in [2.75, 3.05) is 6.54 Å². The average Bonchev–Trinajstić information content (AvgIpc) is 2.46. The van der Waals surface area contributed by atoms with Gasteiger partial charge in [0.15, 0.2) is 0 Å². The van der Waals surface area contributed by atoms with Crippen LogP contribution in [0, 0.1) is 12.8 Å². The quantitative estimate of drug-likeness (QED) is 0.778. The van der Waals surface area contributed by atoms with Gasteiger partial charge in [0.2, 0.25) is 0 Å². The first-order valence-corrected chi connectivity index (χ1v) is 8.10. The lowest BCUT2D eigenvalue weighted by Crippen LogP contribution is -2.19. The van der Waals surface area contributed by atoms with E-state index in [0.717, 1.165) is 29.4 Å². The molecule has 0 heterocycles. The molecule has 2 aromatic rings. The van der Waals surface area contributed by atoms with E-state index in [9.17, 15) is 0 Å². The minimum absolute atomic E-state index is 0.570. The molecule has 0 aliphatic rings. The lowest BCUT2D eigenvalue weighted by Gasteiger charge is -2.14. The van der Waals surface area contributed by atoms with E-state index in [4.69, 9.17) is 16.3 Å². The van der Waals surface area contributed by atoms with Gasteiger partial charge in [-0.3, -0.25) is 0 Å². The molecular formula is C19H24ClNO. The molecule has 2 aromatic carbocycles. The highest BCUT2D eigenvalue weighted by Gasteiger charge is 2.06. The molecule has 0 spiro atoms. The second-order valence-corrected chi connectivity index (χ2v) is 6.49. The van der Waals surface area contributed by atoms with E-state index in [1.165, 1.54) is 11.1 Å². The van der Waals surface area contributed by atoms with E-state index in [-0.39, 0.29) is 0 Å². The van der Waals surface area contributed by atoms with E-state index >= 15 is 0 Å². The molecule has 0 saturated carbocycles. The number of aryl methyl sites for hydroxylation is 1. The van der Waals surface area contributed by atoms with E-state index in [1.807, 2.05) is 18.2 Å². The summed E-state index contributed by atoms with van der Waals surface area (Å²) in [5.74, 6) is 1.51. The molecule has 2 nitrogen and oxygen atoms in total. The Hall–Kier alpha value is -1.51. The maximum atomic E-state index is 6.11. The van der Waals surface area contributed by atoms with Gasteiger partial charge in [0, 0.05) is 17.1 Å². The summed E-state index contributed by atoms with van der Waals surface area (Å²) >= 11 is 6.11. The van der Waals surface area contributed by atoms with Crippen LogP contribution in [0.3, 0.4) is 0 Å². The Morgan fingerprint density at radius 2 is 1.95 bits per heavy atom. The third-order valence-corrected chi connectivity index (χ3v) is 3.60. The first-order valence-electron chi connectivity index (χ1n) is 7.72. The second-order valence-electron chi connectivity index (χ2n) is 6.05. The first-order chi connectivity index (χ1) is 10.5. The standard InChI is InChI=1S/C19H24ClNO/c1-14(2)11-21-12-17-10-18(20)7-8-19(17)22-13-16-6-4-5-15(3)9-16/h4-10,14,21H,11-13H2,1-3H3. The molecule has 0 aliphatic carbocycles. The number of halogens is 1. The molecule has 2 rings (SSSR count). The van der Waals surface area contributed by atoms with E-state index < -0.39 is 0 Å². The zero-order chi connectivity index (χ0) is 15.9. The zero-order valence-electron chi connectivity index (χ0n) is 13.5. The van der Waals surface area contributed by atoms with Crippen LogP contribution in [-0.4, -0.2) is 6.54 Å². The summed E-state index contributed by atoms with van der Waals surface area (Å²) < 4.78 is 5.99. The minimum atomic E-state index is 0.570. The molecule has 0 aliphatic heterocycles. The predicted octanol–water partition coefficient (Wildman–Crippen LogP) is 4.97. The van der Waals surface area contributed by atoms with Crippen molar-refractivity contribution in [1.82, 2.24) is 5.32 Å². The molecule has 0 radical (unpaired) electrons. The Balaban J connectivity index is 2.03. The monoisotopic (exact) mass is 317 g/mol. The summed E-state index contributed by atoms with van der Waals surface area (Å²) in [5.41, 5.74) is 3.52. The van der Waals surface area contributed by atoms with Gasteiger partial charge in [-0.15, -0.1) is 0 Å². The molecular weight excluding hydrogens is 294 g/mol. The molecule has 0 unspecified atom stereocenters. The summed E-state index contributed by atoms with van der Waals surface area (Å²) in [6.07, 6.45) is 0. The fourth-order valence-electron chi connectivity index (χ4n) is 2.29. The van der Waals surface area contributed by atoms with Crippen LogP contribution in [0.4, 0.5) is 0 Å². The number of hydrogen-bond acceptors (Lipinski definition) is 2. The van der Waals surface area contributed by atoms with Gasteiger partial charge in [0.25, 0.3) is 0 Å². The number of benzene rings is 2. The van der Waals surface area contributed by atoms with Crippen molar-refractivity contribution < 1.29 is 4.74 Å². The molecule has 0 aromatic heterocycles. The van der Waals surface area contributed by atoms with Gasteiger partial charge in [-0.05, 0) is 43.1 Å². The summed E-state index contributed by atoms with van der Waals surface area (Å²) in [4.78, 5) is 0. The smallest absolute Gasteiger partial charge is 0.124 e. The van der Waals surface area contributed by atoms with Gasteiger partial charge in [0.1, 0.15) is 12.4 Å². The summed E-state index contributed by atoms with van der Waals surface area (Å²) in [7, 11) is 0. The summed E-state index contributed by atoms with van der Waals surface area (Å²) in [6.45, 7) is 8.79. The van der Waals surface area contributed by atoms with Crippen LogP contribution in [0.5, 0.6) is 5.75 Å². The Labute approximate surface area is 138 Å². The van der Waals surface area contributed by atoms with Crippen molar-refractivity contribution in [1.29, 1.82) is 0 Å². The van der Waals surface area contributed by atoms with Crippen LogP contribution in [0.15, 0.2) is 42.5 Å². The second kappa shape index (κ2) is 8.21. The molecule has 3 heteroatoms. The highest BCUT2D eigenvalue weighted by atomic mass is 35.5. The maximum Gasteiger partial charge on any atom is 0.124 e. The van der Waals surface area contributed by atoms with Crippen molar-refractivity contribution in [3.8, 4) is 5.75 Å². The zero-order valence-corrected chi connectivity index (χ0v) is 14.3. The lowest BCUT2D eigenvalue weighted by molar-refractivity contribution is 0.302. The van der Waals surface area contributed by atoms with Gasteiger partial charge in [0.05, 0.1) is 0 Å². The third kappa shape index (κ3) is 5.36. The van der Waals surface area contributed by atoms with Crippen LogP contribution < -0.4 is 10.1 Å². The van der Waals surface area contributed by atoms with Crippen molar-refractivity contribution in [2.45, 2.75) is 33.9 Å². The normalized spacial score (nSPS) is 11.0. The Kier molecular flexibility index (Phi) is 6.29. The van der Waals surface area contributed by atoms with Crippen LogP contribution in [0.2, 0.25) is 5.02 Å². The van der Waals surface area contributed by atoms with Gasteiger partial charge >= 0.3 is 0 Å². The van der Waals surface area contributed by atoms with Crippen molar-refractivity contribution in [3.05, 3.63) is 64.2 Å². The predicted molar refractivity (Wildman–Crippen MR) is 93.5 cm³/mol. The highest BCUT2D eigenvalue weighted by Crippen LogP contribution is 2.24. The molecule has 22 heavy (non-hydrogen) atoms. The van der Waals surface area contributed by atoms with Crippen LogP contribution in [-0.2, 0) is 13.2 Å². The van der Waals surface area contributed by atoms with Crippen molar-refractivity contribution in [3.63, 3.8) is 0 Å². The molecule has 1 N–H and O–H groups in total. The fraction of sp³-hybridized carbons (Fsp3) is 0.368. The topological polar surface area (TPSA) is 21.3 Å². The highest BCUT2D eigenvalue weighted by molar-refractivity contribution is 6.30. The minimum Gasteiger partial charge on any atom is -0.489 e.